The largest absolute Gasteiger partial charge is 0.396 e. The predicted molar refractivity (Wildman–Crippen MR) is 75.0 cm³/mol. The second kappa shape index (κ2) is 6.09. The normalized spacial score (nSPS) is 33.3. The van der Waals surface area contributed by atoms with E-state index in [0.717, 1.165) is 45.2 Å². The summed E-state index contributed by atoms with van der Waals surface area (Å²) in [5.41, 5.74) is -0.149. The summed E-state index contributed by atoms with van der Waals surface area (Å²) >= 11 is 0. The number of aliphatic hydroxyl groups excluding tert-OH is 1. The van der Waals surface area contributed by atoms with Gasteiger partial charge in [-0.25, -0.2) is 4.79 Å². The Balaban J connectivity index is 1.78. The minimum Gasteiger partial charge on any atom is -0.396 e. The van der Waals surface area contributed by atoms with Gasteiger partial charge >= 0.3 is 6.03 Å². The highest BCUT2D eigenvalue weighted by molar-refractivity contribution is 5.74. The third-order valence-electron chi connectivity index (χ3n) is 4.80. The van der Waals surface area contributed by atoms with Gasteiger partial charge < -0.3 is 20.6 Å². The van der Waals surface area contributed by atoms with Crippen LogP contribution >= 0.6 is 0 Å². The molecule has 2 amide bonds. The molecule has 2 fully saturated rings. The average Bonchev–Trinajstić information content (AvgIpc) is 2.74. The summed E-state index contributed by atoms with van der Waals surface area (Å²) < 4.78 is 0. The van der Waals surface area contributed by atoms with Crippen LogP contribution in [0.15, 0.2) is 0 Å². The molecule has 0 aromatic carbocycles. The Morgan fingerprint density at radius 1 is 1.32 bits per heavy atom. The molecule has 2 atom stereocenters. The van der Waals surface area contributed by atoms with Crippen molar-refractivity contribution < 1.29 is 9.90 Å². The van der Waals surface area contributed by atoms with Crippen molar-refractivity contribution >= 4 is 6.03 Å². The van der Waals surface area contributed by atoms with E-state index < -0.39 is 0 Å². The first-order chi connectivity index (χ1) is 9.03. The quantitative estimate of drug-likeness (QED) is 0.714. The van der Waals surface area contributed by atoms with Crippen LogP contribution in [0.25, 0.3) is 0 Å². The highest BCUT2D eigenvalue weighted by Crippen LogP contribution is 2.37. The molecule has 1 saturated carbocycles. The Hall–Kier alpha value is -0.810. The van der Waals surface area contributed by atoms with Gasteiger partial charge in [0, 0.05) is 17.5 Å². The Labute approximate surface area is 115 Å². The summed E-state index contributed by atoms with van der Waals surface area (Å²) in [6.45, 7) is 4.29. The van der Waals surface area contributed by atoms with Gasteiger partial charge in [-0.3, -0.25) is 0 Å². The van der Waals surface area contributed by atoms with Crippen molar-refractivity contribution in [2.45, 2.75) is 51.1 Å². The third kappa shape index (κ3) is 3.60. The molecule has 2 unspecified atom stereocenters. The van der Waals surface area contributed by atoms with Crippen molar-refractivity contribution in [2.24, 2.45) is 5.41 Å². The maximum absolute atomic E-state index is 12.0. The Morgan fingerprint density at radius 2 is 2.00 bits per heavy atom. The topological polar surface area (TPSA) is 64.6 Å². The minimum absolute atomic E-state index is 0.0684. The summed E-state index contributed by atoms with van der Waals surface area (Å²) in [7, 11) is 2.11. The molecule has 0 aromatic rings. The molecule has 1 heterocycles. The molecule has 0 spiro atoms. The van der Waals surface area contributed by atoms with Gasteiger partial charge in [-0.05, 0) is 45.8 Å². The number of nitrogens with one attached hydrogen (secondary N) is 2. The first kappa shape index (κ1) is 14.6. The van der Waals surface area contributed by atoms with E-state index in [9.17, 15) is 9.90 Å². The number of carbonyl (C=O) groups excluding carboxylic acids is 1. The van der Waals surface area contributed by atoms with Crippen LogP contribution in [0.2, 0.25) is 0 Å². The van der Waals surface area contributed by atoms with Crippen LogP contribution in [0.5, 0.6) is 0 Å². The van der Waals surface area contributed by atoms with Crippen LogP contribution in [-0.2, 0) is 0 Å². The number of urea groups is 1. The van der Waals surface area contributed by atoms with Crippen molar-refractivity contribution in [3.05, 3.63) is 0 Å². The fourth-order valence-corrected chi connectivity index (χ4v) is 3.21. The van der Waals surface area contributed by atoms with Crippen molar-refractivity contribution in [3.63, 3.8) is 0 Å². The van der Waals surface area contributed by atoms with E-state index in [4.69, 9.17) is 0 Å². The van der Waals surface area contributed by atoms with Crippen molar-refractivity contribution in [1.82, 2.24) is 15.5 Å². The fourth-order valence-electron chi connectivity index (χ4n) is 3.21. The lowest BCUT2D eigenvalue weighted by Gasteiger charge is -2.32. The monoisotopic (exact) mass is 269 g/mol. The Bertz CT molecular complexity index is 316. The van der Waals surface area contributed by atoms with Gasteiger partial charge in [-0.2, -0.15) is 0 Å². The molecular weight excluding hydrogens is 242 g/mol. The SMILES string of the molecule is CN1CCC(NC(=O)NC2CCCC2(C)CO)CC1. The Kier molecular flexibility index (Phi) is 4.68. The van der Waals surface area contributed by atoms with E-state index in [1.165, 1.54) is 0 Å². The first-order valence-corrected chi connectivity index (χ1v) is 7.40. The maximum atomic E-state index is 12.0. The van der Waals surface area contributed by atoms with Crippen LogP contribution in [0.4, 0.5) is 4.79 Å². The molecular formula is C14H27N3O2. The molecule has 0 radical (unpaired) electrons. The van der Waals surface area contributed by atoms with Gasteiger partial charge in [0.25, 0.3) is 0 Å². The molecule has 3 N–H and O–H groups in total. The molecule has 5 nitrogen and oxygen atoms in total. The lowest BCUT2D eigenvalue weighted by Crippen LogP contribution is -2.52. The number of nitrogens with zero attached hydrogens (tertiary/aromatic N) is 1. The third-order valence-corrected chi connectivity index (χ3v) is 4.80. The summed E-state index contributed by atoms with van der Waals surface area (Å²) in [4.78, 5) is 14.3. The molecule has 2 rings (SSSR count). The smallest absolute Gasteiger partial charge is 0.315 e. The van der Waals surface area contributed by atoms with Gasteiger partial charge in [0.05, 0.1) is 6.61 Å². The molecule has 5 heteroatoms. The van der Waals surface area contributed by atoms with Crippen molar-refractivity contribution in [3.8, 4) is 0 Å². The number of piperidine rings is 1. The number of likely N-dealkylation sites (tertiary alicyclic amines) is 1. The molecule has 19 heavy (non-hydrogen) atoms. The molecule has 2 aliphatic rings. The second-order valence-corrected chi connectivity index (χ2v) is 6.45. The van der Waals surface area contributed by atoms with E-state index in [1.807, 2.05) is 0 Å². The van der Waals surface area contributed by atoms with Crippen molar-refractivity contribution in [2.75, 3.05) is 26.7 Å². The van der Waals surface area contributed by atoms with Crippen LogP contribution in [0.1, 0.15) is 39.0 Å². The predicted octanol–water partition coefficient (Wildman–Crippen LogP) is 0.931. The second-order valence-electron chi connectivity index (χ2n) is 6.45. The molecule has 1 aliphatic heterocycles. The van der Waals surface area contributed by atoms with Crippen LogP contribution in [0, 0.1) is 5.41 Å². The van der Waals surface area contributed by atoms with Crippen LogP contribution in [0.3, 0.4) is 0 Å². The molecule has 0 aromatic heterocycles. The zero-order chi connectivity index (χ0) is 13.9. The van der Waals surface area contributed by atoms with E-state index in [-0.39, 0.29) is 30.1 Å². The summed E-state index contributed by atoms with van der Waals surface area (Å²) in [6.07, 6.45) is 5.08. The summed E-state index contributed by atoms with van der Waals surface area (Å²) in [5.74, 6) is 0. The van der Waals surface area contributed by atoms with Crippen LogP contribution in [-0.4, -0.2) is 54.9 Å². The minimum atomic E-state index is -0.149. The number of rotatable bonds is 3. The van der Waals surface area contributed by atoms with Gasteiger partial charge in [0.2, 0.25) is 0 Å². The molecule has 1 aliphatic carbocycles. The number of carbonyl (C=O) groups is 1. The average molecular weight is 269 g/mol. The van der Waals surface area contributed by atoms with E-state index in [1.54, 1.807) is 0 Å². The molecule has 110 valence electrons. The number of hydrogen-bond donors (Lipinski definition) is 3. The first-order valence-electron chi connectivity index (χ1n) is 7.40. The highest BCUT2D eigenvalue weighted by atomic mass is 16.3. The lowest BCUT2D eigenvalue weighted by molar-refractivity contribution is 0.120. The zero-order valence-corrected chi connectivity index (χ0v) is 12.1. The van der Waals surface area contributed by atoms with Gasteiger partial charge in [0.1, 0.15) is 0 Å². The number of amides is 2. The zero-order valence-electron chi connectivity index (χ0n) is 12.1. The standard InChI is InChI=1S/C14H27N3O2/c1-14(10-18)7-3-4-12(14)16-13(19)15-11-5-8-17(2)9-6-11/h11-12,18H,3-10H2,1-2H3,(H2,15,16,19). The summed E-state index contributed by atoms with van der Waals surface area (Å²) in [5, 5.41) is 15.6. The van der Waals surface area contributed by atoms with E-state index >= 15 is 0 Å². The lowest BCUT2D eigenvalue weighted by atomic mass is 9.86. The summed E-state index contributed by atoms with van der Waals surface area (Å²) in [6, 6.07) is 0.322. The van der Waals surface area contributed by atoms with E-state index in [2.05, 4.69) is 29.5 Å². The van der Waals surface area contributed by atoms with Gasteiger partial charge in [-0.15, -0.1) is 0 Å². The van der Waals surface area contributed by atoms with E-state index in [0.29, 0.717) is 0 Å². The highest BCUT2D eigenvalue weighted by Gasteiger charge is 2.39. The van der Waals surface area contributed by atoms with Crippen molar-refractivity contribution in [1.29, 1.82) is 0 Å². The van der Waals surface area contributed by atoms with Gasteiger partial charge in [-0.1, -0.05) is 13.3 Å². The van der Waals surface area contributed by atoms with Gasteiger partial charge in [0.15, 0.2) is 0 Å². The Morgan fingerprint density at radius 3 is 2.63 bits per heavy atom. The number of aliphatic hydroxyl groups is 1. The molecule has 0 bridgehead atoms. The molecule has 1 saturated heterocycles. The fraction of sp³-hybridized carbons (Fsp3) is 0.929. The number of hydrogen-bond acceptors (Lipinski definition) is 3. The maximum Gasteiger partial charge on any atom is 0.315 e. The van der Waals surface area contributed by atoms with Crippen LogP contribution < -0.4 is 10.6 Å².